The fourth-order valence-corrected chi connectivity index (χ4v) is 3.41. The highest BCUT2D eigenvalue weighted by Crippen LogP contribution is 2.29. The highest BCUT2D eigenvalue weighted by atomic mass is 35.5. The van der Waals surface area contributed by atoms with E-state index in [9.17, 15) is 14.4 Å². The number of piperazine rings is 1. The number of carbonyl (C=O) groups excluding carboxylic acids is 3. The number of carbonyl (C=O) groups is 3. The topological polar surface area (TPSA) is 119 Å². The molecule has 2 aromatic heterocycles. The summed E-state index contributed by atoms with van der Waals surface area (Å²) >= 11 is 5.91. The van der Waals surface area contributed by atoms with Crippen LogP contribution in [0.25, 0.3) is 0 Å². The standard InChI is InChI=1S/C20H17ClN6O4/c21-16-12-27(25-24-16)20(15-6-2-1-3-7-15)19(30)26(13-17(28)23-20)31-18(29)9-8-14-5-4-10-22-11-14/h1-7,10-12H,8-9,13H2,(H,23,28). The van der Waals surface area contributed by atoms with E-state index >= 15 is 0 Å². The molecule has 1 saturated heterocycles. The molecule has 1 aliphatic heterocycles. The minimum atomic E-state index is -1.81. The van der Waals surface area contributed by atoms with E-state index in [2.05, 4.69) is 20.6 Å². The third kappa shape index (κ3) is 4.10. The van der Waals surface area contributed by atoms with Gasteiger partial charge in [-0.25, -0.2) is 9.48 Å². The molecule has 158 valence electrons. The fraction of sp³-hybridized carbons (Fsp3) is 0.200. The molecule has 2 amide bonds. The molecule has 1 aliphatic rings. The van der Waals surface area contributed by atoms with E-state index < -0.39 is 30.0 Å². The highest BCUT2D eigenvalue weighted by Gasteiger charge is 2.52. The van der Waals surface area contributed by atoms with E-state index in [1.807, 2.05) is 6.07 Å². The summed E-state index contributed by atoms with van der Waals surface area (Å²) in [6.07, 6.45) is 4.96. The molecule has 0 spiro atoms. The Labute approximate surface area is 181 Å². The lowest BCUT2D eigenvalue weighted by Gasteiger charge is -2.40. The molecule has 4 rings (SSSR count). The van der Waals surface area contributed by atoms with Crippen LogP contribution in [0.4, 0.5) is 0 Å². The highest BCUT2D eigenvalue weighted by molar-refractivity contribution is 6.29. The number of nitrogens with zero attached hydrogens (tertiary/aromatic N) is 5. The molecule has 0 aliphatic carbocycles. The summed E-state index contributed by atoms with van der Waals surface area (Å²) in [5.74, 6) is -1.92. The van der Waals surface area contributed by atoms with Gasteiger partial charge in [0.1, 0.15) is 6.54 Å². The minimum Gasteiger partial charge on any atom is -0.338 e. The first kappa shape index (κ1) is 20.5. The number of hydroxylamine groups is 2. The number of nitrogens with one attached hydrogen (secondary N) is 1. The van der Waals surface area contributed by atoms with Crippen LogP contribution in [0.1, 0.15) is 17.5 Å². The zero-order valence-electron chi connectivity index (χ0n) is 16.1. The van der Waals surface area contributed by atoms with E-state index in [4.69, 9.17) is 16.4 Å². The van der Waals surface area contributed by atoms with Gasteiger partial charge in [-0.2, -0.15) is 5.06 Å². The fourth-order valence-electron chi connectivity index (χ4n) is 3.28. The van der Waals surface area contributed by atoms with Crippen molar-refractivity contribution in [2.75, 3.05) is 6.54 Å². The lowest BCUT2D eigenvalue weighted by Crippen LogP contribution is -2.68. The second-order valence-electron chi connectivity index (χ2n) is 6.78. The molecular weight excluding hydrogens is 424 g/mol. The van der Waals surface area contributed by atoms with Crippen LogP contribution in [0.5, 0.6) is 0 Å². The minimum absolute atomic E-state index is 0.00455. The van der Waals surface area contributed by atoms with Crippen LogP contribution in [0, 0.1) is 0 Å². The van der Waals surface area contributed by atoms with E-state index in [0.29, 0.717) is 12.0 Å². The zero-order valence-corrected chi connectivity index (χ0v) is 16.9. The molecule has 1 fully saturated rings. The lowest BCUT2D eigenvalue weighted by molar-refractivity contribution is -0.209. The number of aromatic nitrogens is 4. The first-order valence-electron chi connectivity index (χ1n) is 9.35. The van der Waals surface area contributed by atoms with E-state index in [-0.39, 0.29) is 11.6 Å². The number of hydrogen-bond donors (Lipinski definition) is 1. The van der Waals surface area contributed by atoms with Crippen LogP contribution in [0.15, 0.2) is 61.1 Å². The third-order valence-electron chi connectivity index (χ3n) is 4.70. The van der Waals surface area contributed by atoms with Crippen molar-refractivity contribution < 1.29 is 19.2 Å². The maximum Gasteiger partial charge on any atom is 0.332 e. The smallest absolute Gasteiger partial charge is 0.332 e. The monoisotopic (exact) mass is 440 g/mol. The van der Waals surface area contributed by atoms with Crippen molar-refractivity contribution in [1.82, 2.24) is 30.4 Å². The summed E-state index contributed by atoms with van der Waals surface area (Å²) in [4.78, 5) is 47.7. The molecule has 11 heteroatoms. The Balaban J connectivity index is 1.61. The lowest BCUT2D eigenvalue weighted by atomic mass is 9.96. The van der Waals surface area contributed by atoms with Crippen LogP contribution >= 0.6 is 11.6 Å². The van der Waals surface area contributed by atoms with Crippen molar-refractivity contribution in [3.63, 3.8) is 0 Å². The number of amides is 2. The van der Waals surface area contributed by atoms with Crippen LogP contribution in [0.2, 0.25) is 5.15 Å². The molecule has 1 unspecified atom stereocenters. The molecule has 0 radical (unpaired) electrons. The van der Waals surface area contributed by atoms with E-state index in [1.54, 1.807) is 48.8 Å². The molecule has 1 aromatic carbocycles. The number of hydrogen-bond acceptors (Lipinski definition) is 7. The van der Waals surface area contributed by atoms with Crippen LogP contribution < -0.4 is 5.32 Å². The second-order valence-corrected chi connectivity index (χ2v) is 7.16. The van der Waals surface area contributed by atoms with Crippen molar-refractivity contribution >= 4 is 29.4 Å². The molecule has 3 aromatic rings. The molecule has 3 heterocycles. The van der Waals surface area contributed by atoms with Crippen LogP contribution in [-0.4, -0.2) is 49.4 Å². The number of benzene rings is 1. The Morgan fingerprint density at radius 3 is 2.68 bits per heavy atom. The molecule has 1 atom stereocenters. The summed E-state index contributed by atoms with van der Waals surface area (Å²) in [5, 5.41) is 11.0. The number of halogens is 1. The van der Waals surface area contributed by atoms with Gasteiger partial charge in [-0.05, 0) is 18.1 Å². The van der Waals surface area contributed by atoms with Gasteiger partial charge in [-0.1, -0.05) is 53.2 Å². The normalized spacial score (nSPS) is 18.5. The van der Waals surface area contributed by atoms with Gasteiger partial charge >= 0.3 is 11.9 Å². The SMILES string of the molecule is O=C1CN(OC(=O)CCc2cccnc2)C(=O)C(c2ccccc2)(n2cc(Cl)nn2)N1. The maximum atomic E-state index is 13.5. The molecule has 10 nitrogen and oxygen atoms in total. The Kier molecular flexibility index (Phi) is 5.63. The van der Waals surface area contributed by atoms with Gasteiger partial charge in [0.2, 0.25) is 11.6 Å². The summed E-state index contributed by atoms with van der Waals surface area (Å²) in [7, 11) is 0. The van der Waals surface area contributed by atoms with E-state index in [0.717, 1.165) is 15.3 Å². The Morgan fingerprint density at radius 2 is 2.00 bits per heavy atom. The molecule has 31 heavy (non-hydrogen) atoms. The Bertz CT molecular complexity index is 1110. The largest absolute Gasteiger partial charge is 0.338 e. The van der Waals surface area contributed by atoms with Crippen molar-refractivity contribution in [3.8, 4) is 0 Å². The van der Waals surface area contributed by atoms with Crippen molar-refractivity contribution in [3.05, 3.63) is 77.3 Å². The van der Waals surface area contributed by atoms with E-state index in [1.165, 1.54) is 6.20 Å². The average Bonchev–Trinajstić information content (AvgIpc) is 3.22. The summed E-state index contributed by atoms with van der Waals surface area (Å²) in [5.41, 5.74) is -0.565. The molecule has 0 bridgehead atoms. The number of pyridine rings is 1. The Morgan fingerprint density at radius 1 is 1.19 bits per heavy atom. The molecule has 0 saturated carbocycles. The third-order valence-corrected chi connectivity index (χ3v) is 4.87. The first-order valence-corrected chi connectivity index (χ1v) is 9.73. The summed E-state index contributed by atoms with van der Waals surface area (Å²) < 4.78 is 1.14. The number of aryl methyl sites for hydroxylation is 1. The van der Waals surface area contributed by atoms with Crippen LogP contribution in [-0.2, 0) is 31.3 Å². The average molecular weight is 441 g/mol. The second kappa shape index (κ2) is 8.52. The van der Waals surface area contributed by atoms with Gasteiger partial charge in [0.25, 0.3) is 0 Å². The van der Waals surface area contributed by atoms with Gasteiger partial charge < -0.3 is 10.2 Å². The van der Waals surface area contributed by atoms with Crippen LogP contribution in [0.3, 0.4) is 0 Å². The van der Waals surface area contributed by atoms with Gasteiger partial charge in [0.05, 0.1) is 12.6 Å². The van der Waals surface area contributed by atoms with Gasteiger partial charge in [0, 0.05) is 18.0 Å². The van der Waals surface area contributed by atoms with Gasteiger partial charge in [0.15, 0.2) is 5.15 Å². The summed E-state index contributed by atoms with van der Waals surface area (Å²) in [6.45, 7) is -0.450. The number of rotatable bonds is 6. The maximum absolute atomic E-state index is 13.5. The predicted octanol–water partition coefficient (Wildman–Crippen LogP) is 1.08. The van der Waals surface area contributed by atoms with Gasteiger partial charge in [-0.15, -0.1) is 5.10 Å². The molecule has 1 N–H and O–H groups in total. The summed E-state index contributed by atoms with van der Waals surface area (Å²) in [6, 6.07) is 12.0. The van der Waals surface area contributed by atoms with Crippen molar-refractivity contribution in [1.29, 1.82) is 0 Å². The zero-order chi connectivity index (χ0) is 21.8. The quantitative estimate of drug-likeness (QED) is 0.609. The first-order chi connectivity index (χ1) is 15.0. The van der Waals surface area contributed by atoms with Crippen molar-refractivity contribution in [2.45, 2.75) is 18.5 Å². The predicted molar refractivity (Wildman–Crippen MR) is 107 cm³/mol. The van der Waals surface area contributed by atoms with Crippen molar-refractivity contribution in [2.24, 2.45) is 0 Å². The van der Waals surface area contributed by atoms with Gasteiger partial charge in [-0.3, -0.25) is 14.6 Å². The molecular formula is C20H17ClN6O4. The Hall–Kier alpha value is -3.79.